The number of fused-ring (bicyclic) bond motifs is 1. The Morgan fingerprint density at radius 1 is 0.971 bits per heavy atom. The minimum absolute atomic E-state index is 0.00433. The number of amides is 1. The maximum Gasteiger partial charge on any atom is 0.307 e. The maximum absolute atomic E-state index is 13.2. The van der Waals surface area contributed by atoms with E-state index in [1.165, 1.54) is 4.90 Å². The number of aliphatic hydroxyl groups excluding tert-OH is 1. The van der Waals surface area contributed by atoms with Crippen LogP contribution in [0.1, 0.15) is 28.3 Å². The second-order valence-corrected chi connectivity index (χ2v) is 8.24. The second-order valence-electron chi connectivity index (χ2n) is 8.24. The topological polar surface area (TPSA) is 104 Å². The number of Topliss-reactive ketones (excluding diaryl/α,β-unsaturated/α-hetero) is 1. The van der Waals surface area contributed by atoms with Crippen LogP contribution in [0.3, 0.4) is 0 Å². The molecule has 1 amide bonds. The molecule has 0 radical (unpaired) electrons. The molecule has 2 N–H and O–H groups in total. The van der Waals surface area contributed by atoms with Crippen molar-refractivity contribution in [3.05, 3.63) is 101 Å². The molecule has 0 saturated carbocycles. The SMILES string of the molecule is O=C(O)Cc1ccc(N2C(=O)C(=O)/C(=C(\O)c3ccc4c(c3)CCO4)C2c2ccccc2)cc1. The van der Waals surface area contributed by atoms with E-state index in [1.54, 1.807) is 66.7 Å². The average molecular weight is 455 g/mol. The Kier molecular flexibility index (Phi) is 5.37. The molecule has 170 valence electrons. The van der Waals surface area contributed by atoms with E-state index in [4.69, 9.17) is 9.84 Å². The fraction of sp³-hybridized carbons (Fsp3) is 0.148. The molecule has 3 aromatic carbocycles. The molecule has 7 heteroatoms. The third-order valence-electron chi connectivity index (χ3n) is 6.09. The van der Waals surface area contributed by atoms with Gasteiger partial charge in [-0.1, -0.05) is 42.5 Å². The summed E-state index contributed by atoms with van der Waals surface area (Å²) in [6.45, 7) is 0.561. The molecule has 1 unspecified atom stereocenters. The van der Waals surface area contributed by atoms with Crippen molar-refractivity contribution in [1.82, 2.24) is 0 Å². The Bertz CT molecular complexity index is 1330. The lowest BCUT2D eigenvalue weighted by Gasteiger charge is -2.25. The van der Waals surface area contributed by atoms with E-state index in [1.807, 2.05) is 6.07 Å². The van der Waals surface area contributed by atoms with Crippen molar-refractivity contribution in [2.75, 3.05) is 11.5 Å². The van der Waals surface area contributed by atoms with Gasteiger partial charge < -0.3 is 14.9 Å². The number of nitrogens with zero attached hydrogens (tertiary/aromatic N) is 1. The number of carboxylic acid groups (broad SMARTS) is 1. The van der Waals surface area contributed by atoms with Crippen LogP contribution in [0.5, 0.6) is 5.75 Å². The van der Waals surface area contributed by atoms with E-state index in [0.717, 1.165) is 11.3 Å². The van der Waals surface area contributed by atoms with Gasteiger partial charge in [-0.3, -0.25) is 19.3 Å². The zero-order valence-corrected chi connectivity index (χ0v) is 18.1. The fourth-order valence-electron chi connectivity index (χ4n) is 4.49. The van der Waals surface area contributed by atoms with Gasteiger partial charge in [-0.25, -0.2) is 0 Å². The first-order chi connectivity index (χ1) is 16.4. The van der Waals surface area contributed by atoms with Gasteiger partial charge in [0.25, 0.3) is 11.7 Å². The van der Waals surface area contributed by atoms with Crippen LogP contribution in [-0.4, -0.2) is 34.5 Å². The van der Waals surface area contributed by atoms with Gasteiger partial charge in [-0.2, -0.15) is 0 Å². The molecule has 1 atom stereocenters. The van der Waals surface area contributed by atoms with Gasteiger partial charge in [0.05, 0.1) is 24.6 Å². The number of carbonyl (C=O) groups excluding carboxylic acids is 2. The summed E-state index contributed by atoms with van der Waals surface area (Å²) < 4.78 is 5.53. The van der Waals surface area contributed by atoms with Gasteiger partial charge in [0.1, 0.15) is 11.5 Å². The minimum Gasteiger partial charge on any atom is -0.507 e. The number of ether oxygens (including phenoxy) is 1. The van der Waals surface area contributed by atoms with Crippen molar-refractivity contribution in [1.29, 1.82) is 0 Å². The molecular formula is C27H21NO6. The van der Waals surface area contributed by atoms with Crippen LogP contribution in [0.15, 0.2) is 78.4 Å². The summed E-state index contributed by atoms with van der Waals surface area (Å²) in [7, 11) is 0. The highest BCUT2D eigenvalue weighted by Crippen LogP contribution is 2.42. The molecule has 3 aromatic rings. The van der Waals surface area contributed by atoms with Gasteiger partial charge in [-0.05, 0) is 47.0 Å². The van der Waals surface area contributed by atoms with E-state index in [0.29, 0.717) is 35.4 Å². The number of ketones is 1. The second kappa shape index (κ2) is 8.51. The zero-order chi connectivity index (χ0) is 23.8. The molecule has 0 aliphatic carbocycles. The average Bonchev–Trinajstić information content (AvgIpc) is 3.41. The fourth-order valence-corrected chi connectivity index (χ4v) is 4.49. The number of carbonyl (C=O) groups is 3. The summed E-state index contributed by atoms with van der Waals surface area (Å²) in [5, 5.41) is 20.3. The monoisotopic (exact) mass is 455 g/mol. The van der Waals surface area contributed by atoms with Crippen LogP contribution in [0.2, 0.25) is 0 Å². The third kappa shape index (κ3) is 3.71. The summed E-state index contributed by atoms with van der Waals surface area (Å²) >= 11 is 0. The van der Waals surface area contributed by atoms with Crippen molar-refractivity contribution < 1.29 is 29.3 Å². The lowest BCUT2D eigenvalue weighted by molar-refractivity contribution is -0.136. The number of rotatable bonds is 5. The third-order valence-corrected chi connectivity index (χ3v) is 6.09. The number of anilines is 1. The Morgan fingerprint density at radius 3 is 2.41 bits per heavy atom. The molecule has 7 nitrogen and oxygen atoms in total. The van der Waals surface area contributed by atoms with E-state index in [2.05, 4.69) is 0 Å². The van der Waals surface area contributed by atoms with Crippen LogP contribution in [0.25, 0.3) is 5.76 Å². The highest BCUT2D eigenvalue weighted by Gasteiger charge is 2.47. The van der Waals surface area contributed by atoms with Crippen LogP contribution in [0, 0.1) is 0 Å². The first-order valence-corrected chi connectivity index (χ1v) is 10.9. The lowest BCUT2D eigenvalue weighted by Crippen LogP contribution is -2.29. The summed E-state index contributed by atoms with van der Waals surface area (Å²) in [4.78, 5) is 38.8. The van der Waals surface area contributed by atoms with Crippen LogP contribution >= 0.6 is 0 Å². The maximum atomic E-state index is 13.2. The number of aliphatic carboxylic acids is 1. The minimum atomic E-state index is -0.961. The van der Waals surface area contributed by atoms with Gasteiger partial charge >= 0.3 is 5.97 Å². The molecule has 1 fully saturated rings. The van der Waals surface area contributed by atoms with Crippen molar-refractivity contribution >= 4 is 29.1 Å². The Labute approximate surface area is 195 Å². The number of hydrogen-bond acceptors (Lipinski definition) is 5. The van der Waals surface area contributed by atoms with Gasteiger partial charge in [-0.15, -0.1) is 0 Å². The molecule has 0 spiro atoms. The van der Waals surface area contributed by atoms with Crippen molar-refractivity contribution in [2.45, 2.75) is 18.9 Å². The highest BCUT2D eigenvalue weighted by molar-refractivity contribution is 6.51. The molecule has 2 aliphatic heterocycles. The van der Waals surface area contributed by atoms with E-state index < -0.39 is 23.7 Å². The molecule has 2 aliphatic rings. The summed E-state index contributed by atoms with van der Waals surface area (Å²) in [5.41, 5.74) is 3.06. The van der Waals surface area contributed by atoms with Crippen molar-refractivity contribution in [3.63, 3.8) is 0 Å². The van der Waals surface area contributed by atoms with Gasteiger partial charge in [0.15, 0.2) is 0 Å². The summed E-state index contributed by atoms with van der Waals surface area (Å²) in [6.07, 6.45) is 0.554. The van der Waals surface area contributed by atoms with Gasteiger partial charge in [0, 0.05) is 17.7 Å². The number of benzene rings is 3. The van der Waals surface area contributed by atoms with Crippen LogP contribution < -0.4 is 9.64 Å². The number of carboxylic acids is 1. The first kappa shape index (κ1) is 21.5. The van der Waals surface area contributed by atoms with E-state index in [-0.39, 0.29) is 17.8 Å². The molecule has 5 rings (SSSR count). The molecule has 2 heterocycles. The summed E-state index contributed by atoms with van der Waals surface area (Å²) in [5.74, 6) is -1.99. The quantitative estimate of drug-likeness (QED) is 0.344. The van der Waals surface area contributed by atoms with Gasteiger partial charge in [0.2, 0.25) is 0 Å². The lowest BCUT2D eigenvalue weighted by atomic mass is 9.94. The van der Waals surface area contributed by atoms with E-state index >= 15 is 0 Å². The Morgan fingerprint density at radius 2 is 1.71 bits per heavy atom. The standard InChI is InChI=1S/C27H21NO6/c29-22(30)14-16-6-9-20(10-7-16)28-24(17-4-2-1-3-5-17)23(26(32)27(28)33)25(31)19-8-11-21-18(15-19)12-13-34-21/h1-11,15,24,31H,12-14H2,(H,29,30)/b25-23-. The highest BCUT2D eigenvalue weighted by atomic mass is 16.5. The zero-order valence-electron chi connectivity index (χ0n) is 18.1. The smallest absolute Gasteiger partial charge is 0.307 e. The molecule has 0 aromatic heterocycles. The number of hydrogen-bond donors (Lipinski definition) is 2. The Hall–Kier alpha value is -4.39. The Balaban J connectivity index is 1.63. The molecule has 1 saturated heterocycles. The normalized spacial score (nSPS) is 18.6. The first-order valence-electron chi connectivity index (χ1n) is 10.9. The predicted octanol–water partition coefficient (Wildman–Crippen LogP) is 3.87. The largest absolute Gasteiger partial charge is 0.507 e. The predicted molar refractivity (Wildman–Crippen MR) is 125 cm³/mol. The van der Waals surface area contributed by atoms with E-state index in [9.17, 15) is 19.5 Å². The van der Waals surface area contributed by atoms with Crippen LogP contribution in [0.4, 0.5) is 5.69 Å². The molecule has 0 bridgehead atoms. The van der Waals surface area contributed by atoms with Crippen molar-refractivity contribution in [3.8, 4) is 5.75 Å². The van der Waals surface area contributed by atoms with Crippen molar-refractivity contribution in [2.24, 2.45) is 0 Å². The number of aliphatic hydroxyl groups is 1. The molecular weight excluding hydrogens is 434 g/mol. The molecule has 34 heavy (non-hydrogen) atoms. The summed E-state index contributed by atoms with van der Waals surface area (Å²) in [6, 6.07) is 19.9. The van der Waals surface area contributed by atoms with Crippen LogP contribution in [-0.2, 0) is 27.2 Å².